The molecule has 1 amide bonds. The first-order valence-electron chi connectivity index (χ1n) is 29.3. The van der Waals surface area contributed by atoms with Gasteiger partial charge in [0, 0.05) is 6.42 Å². The van der Waals surface area contributed by atoms with Crippen molar-refractivity contribution in [3.8, 4) is 0 Å². The van der Waals surface area contributed by atoms with E-state index < -0.39 is 12.1 Å². The highest BCUT2D eigenvalue weighted by Crippen LogP contribution is 2.17. The van der Waals surface area contributed by atoms with Crippen LogP contribution in [0.15, 0.2) is 85.1 Å². The Hall–Kier alpha value is -2.43. The van der Waals surface area contributed by atoms with Gasteiger partial charge in [0.25, 0.3) is 0 Å². The molecule has 0 aliphatic heterocycles. The number of aliphatic hydroxyl groups is 2. The molecule has 67 heavy (non-hydrogen) atoms. The topological polar surface area (TPSA) is 69.6 Å². The van der Waals surface area contributed by atoms with Crippen LogP contribution in [0.2, 0.25) is 0 Å². The van der Waals surface area contributed by atoms with Crippen LogP contribution >= 0.6 is 0 Å². The highest BCUT2D eigenvalue weighted by atomic mass is 16.3. The molecule has 2 atom stereocenters. The Balaban J connectivity index is 3.47. The van der Waals surface area contributed by atoms with Crippen LogP contribution in [-0.2, 0) is 4.79 Å². The van der Waals surface area contributed by atoms with E-state index in [9.17, 15) is 15.0 Å². The molecule has 0 saturated carbocycles. The maximum absolute atomic E-state index is 12.5. The number of carbonyl (C=O) groups is 1. The lowest BCUT2D eigenvalue weighted by molar-refractivity contribution is -0.123. The predicted molar refractivity (Wildman–Crippen MR) is 299 cm³/mol. The first-order chi connectivity index (χ1) is 33.2. The monoisotopic (exact) mass is 932 g/mol. The number of unbranched alkanes of at least 4 members (excludes halogenated alkanes) is 34. The molecule has 0 spiro atoms. The van der Waals surface area contributed by atoms with Gasteiger partial charge >= 0.3 is 0 Å². The molecule has 0 aromatic rings. The van der Waals surface area contributed by atoms with E-state index in [0.29, 0.717) is 6.42 Å². The Kier molecular flexibility index (Phi) is 55.8. The van der Waals surface area contributed by atoms with Crippen LogP contribution in [0.25, 0.3) is 0 Å². The molecule has 388 valence electrons. The van der Waals surface area contributed by atoms with E-state index in [0.717, 1.165) is 64.2 Å². The van der Waals surface area contributed by atoms with Gasteiger partial charge in [-0.2, -0.15) is 0 Å². The summed E-state index contributed by atoms with van der Waals surface area (Å²) in [7, 11) is 0. The zero-order valence-corrected chi connectivity index (χ0v) is 44.7. The minimum Gasteiger partial charge on any atom is -0.394 e. The lowest BCUT2D eigenvalue weighted by atomic mass is 10.0. The SMILES string of the molecule is CC/C=C\C/C=C\C/C=C\C/C=C\CCCCCCCCCCCCCCCCCCCCCCCCCCC(=O)NC(CO)C(O)/C=C/CC/C=C/CC/C=C/CCCCCCCCCC. The average molecular weight is 933 g/mol. The van der Waals surface area contributed by atoms with Gasteiger partial charge in [-0.15, -0.1) is 0 Å². The highest BCUT2D eigenvalue weighted by molar-refractivity contribution is 5.76. The first kappa shape index (κ1) is 64.6. The van der Waals surface area contributed by atoms with E-state index in [1.165, 1.54) is 205 Å². The third-order valence-electron chi connectivity index (χ3n) is 13.1. The second-order valence-corrected chi connectivity index (χ2v) is 19.7. The summed E-state index contributed by atoms with van der Waals surface area (Å²) in [6.45, 7) is 4.19. The van der Waals surface area contributed by atoms with Crippen LogP contribution in [-0.4, -0.2) is 34.9 Å². The van der Waals surface area contributed by atoms with Gasteiger partial charge < -0.3 is 15.5 Å². The Morgan fingerprint density at radius 2 is 0.672 bits per heavy atom. The molecule has 2 unspecified atom stereocenters. The molecule has 0 aliphatic rings. The van der Waals surface area contributed by atoms with Gasteiger partial charge in [0.1, 0.15) is 0 Å². The van der Waals surface area contributed by atoms with Gasteiger partial charge in [-0.3, -0.25) is 4.79 Å². The van der Waals surface area contributed by atoms with Crippen LogP contribution in [0.1, 0.15) is 290 Å². The summed E-state index contributed by atoms with van der Waals surface area (Å²) in [4.78, 5) is 12.5. The minimum absolute atomic E-state index is 0.0755. The van der Waals surface area contributed by atoms with Crippen molar-refractivity contribution in [3.63, 3.8) is 0 Å². The van der Waals surface area contributed by atoms with Crippen molar-refractivity contribution < 1.29 is 15.0 Å². The van der Waals surface area contributed by atoms with Crippen LogP contribution in [0.5, 0.6) is 0 Å². The maximum atomic E-state index is 12.5. The van der Waals surface area contributed by atoms with E-state index >= 15 is 0 Å². The van der Waals surface area contributed by atoms with E-state index in [1.54, 1.807) is 6.08 Å². The number of aliphatic hydroxyl groups excluding tert-OH is 2. The van der Waals surface area contributed by atoms with E-state index in [2.05, 4.69) is 92.1 Å². The van der Waals surface area contributed by atoms with Crippen LogP contribution < -0.4 is 5.32 Å². The molecule has 0 fully saturated rings. The molecule has 0 aromatic carbocycles. The number of allylic oxidation sites excluding steroid dienone is 13. The predicted octanol–water partition coefficient (Wildman–Crippen LogP) is 19.5. The van der Waals surface area contributed by atoms with Gasteiger partial charge in [0.05, 0.1) is 18.8 Å². The standard InChI is InChI=1S/C63H113NO3/c1-3-5-7-9-11-13-15-17-19-21-23-24-25-26-27-28-29-30-31-32-33-34-35-36-37-38-39-40-41-43-45-47-49-51-53-55-57-59-63(67)64-61(60-65)62(66)58-56-54-52-50-48-46-44-42-22-20-18-16-14-12-10-8-6-4-2/h5,7,11,13,17,19,22-24,42,48,50,56,58,61-62,65-66H,3-4,6,8-10,12,14-16,18,20-21,25-41,43-47,49,51-55,57,59-60H2,1-2H3,(H,64,67)/b7-5-,13-11-,19-17-,24-23-,42-22+,50-48+,58-56+. The number of amides is 1. The van der Waals surface area contributed by atoms with Gasteiger partial charge in [-0.05, 0) is 83.5 Å². The molecule has 0 saturated heterocycles. The quantitative estimate of drug-likeness (QED) is 0.0420. The maximum Gasteiger partial charge on any atom is 0.220 e. The fourth-order valence-electron chi connectivity index (χ4n) is 8.67. The molecule has 0 aromatic heterocycles. The Morgan fingerprint density at radius 3 is 1.04 bits per heavy atom. The van der Waals surface area contributed by atoms with Crippen molar-refractivity contribution in [2.24, 2.45) is 0 Å². The molecule has 4 nitrogen and oxygen atoms in total. The van der Waals surface area contributed by atoms with Crippen molar-refractivity contribution in [1.29, 1.82) is 0 Å². The summed E-state index contributed by atoms with van der Waals surface area (Å²) >= 11 is 0. The average Bonchev–Trinajstić information content (AvgIpc) is 3.33. The molecule has 0 radical (unpaired) electrons. The smallest absolute Gasteiger partial charge is 0.220 e. The largest absolute Gasteiger partial charge is 0.394 e. The van der Waals surface area contributed by atoms with E-state index in [4.69, 9.17) is 0 Å². The fourth-order valence-corrected chi connectivity index (χ4v) is 8.67. The third-order valence-corrected chi connectivity index (χ3v) is 13.1. The van der Waals surface area contributed by atoms with Gasteiger partial charge in [-0.1, -0.05) is 285 Å². The van der Waals surface area contributed by atoms with Crippen LogP contribution in [0.4, 0.5) is 0 Å². The van der Waals surface area contributed by atoms with Gasteiger partial charge in [-0.25, -0.2) is 0 Å². The fraction of sp³-hybridized carbons (Fsp3) is 0.762. The lowest BCUT2D eigenvalue weighted by Gasteiger charge is -2.19. The van der Waals surface area contributed by atoms with Gasteiger partial charge in [0.15, 0.2) is 0 Å². The van der Waals surface area contributed by atoms with Crippen molar-refractivity contribution in [3.05, 3.63) is 85.1 Å². The lowest BCUT2D eigenvalue weighted by Crippen LogP contribution is -2.45. The molecular weight excluding hydrogens is 819 g/mol. The summed E-state index contributed by atoms with van der Waals surface area (Å²) < 4.78 is 0. The summed E-state index contributed by atoms with van der Waals surface area (Å²) in [5.41, 5.74) is 0. The molecule has 3 N–H and O–H groups in total. The van der Waals surface area contributed by atoms with Gasteiger partial charge in [0.2, 0.25) is 5.91 Å². The van der Waals surface area contributed by atoms with E-state index in [-0.39, 0.29) is 12.5 Å². The molecule has 0 rings (SSSR count). The molecule has 0 heterocycles. The second-order valence-electron chi connectivity index (χ2n) is 19.7. The third kappa shape index (κ3) is 54.4. The number of hydrogen-bond donors (Lipinski definition) is 3. The van der Waals surface area contributed by atoms with Crippen molar-refractivity contribution in [2.45, 2.75) is 302 Å². The number of carbonyl (C=O) groups excluding carboxylic acids is 1. The minimum atomic E-state index is -0.872. The summed E-state index contributed by atoms with van der Waals surface area (Å²) in [5, 5.41) is 23.1. The number of hydrogen-bond acceptors (Lipinski definition) is 3. The van der Waals surface area contributed by atoms with Crippen LogP contribution in [0.3, 0.4) is 0 Å². The van der Waals surface area contributed by atoms with Crippen molar-refractivity contribution in [1.82, 2.24) is 5.32 Å². The summed E-state index contributed by atoms with van der Waals surface area (Å²) in [6.07, 6.45) is 84.8. The summed E-state index contributed by atoms with van der Waals surface area (Å²) in [5.74, 6) is -0.0755. The highest BCUT2D eigenvalue weighted by Gasteiger charge is 2.18. The molecular formula is C63H113NO3. The zero-order chi connectivity index (χ0) is 48.5. The Labute approximate surface area is 418 Å². The molecule has 4 heteroatoms. The molecule has 0 aliphatic carbocycles. The number of rotatable bonds is 53. The Morgan fingerprint density at radius 1 is 0.373 bits per heavy atom. The van der Waals surface area contributed by atoms with Crippen LogP contribution in [0, 0.1) is 0 Å². The van der Waals surface area contributed by atoms with Crippen molar-refractivity contribution in [2.75, 3.05) is 6.61 Å². The molecule has 0 bridgehead atoms. The second kappa shape index (κ2) is 57.9. The van der Waals surface area contributed by atoms with E-state index in [1.807, 2.05) is 6.08 Å². The number of nitrogens with one attached hydrogen (secondary N) is 1. The normalized spacial score (nSPS) is 13.4. The Bertz CT molecular complexity index is 1190. The first-order valence-corrected chi connectivity index (χ1v) is 29.3. The van der Waals surface area contributed by atoms with Crippen molar-refractivity contribution >= 4 is 5.91 Å². The summed E-state index contributed by atoms with van der Waals surface area (Å²) in [6, 6.07) is -0.647. The zero-order valence-electron chi connectivity index (χ0n) is 44.7.